The van der Waals surface area contributed by atoms with Crippen LogP contribution in [0.1, 0.15) is 34.6 Å². The van der Waals surface area contributed by atoms with Gasteiger partial charge >= 0.3 is 17.9 Å². The molecule has 0 aliphatic carbocycles. The Morgan fingerprint density at radius 1 is 0.895 bits per heavy atom. The second-order valence-electron chi connectivity index (χ2n) is 7.62. The quantitative estimate of drug-likeness (QED) is 0.0802. The summed E-state index contributed by atoms with van der Waals surface area (Å²) in [4.78, 5) is 60.2. The molecule has 2 aromatic carbocycles. The first-order valence-corrected chi connectivity index (χ1v) is 11.1. The van der Waals surface area contributed by atoms with E-state index in [0.717, 1.165) is 6.92 Å². The van der Waals surface area contributed by atoms with Gasteiger partial charge in [0.1, 0.15) is 19.0 Å². The van der Waals surface area contributed by atoms with Crippen molar-refractivity contribution >= 4 is 46.7 Å². The van der Waals surface area contributed by atoms with Gasteiger partial charge in [-0.15, -0.1) is 0 Å². The third-order valence-corrected chi connectivity index (χ3v) is 4.73. The minimum Gasteiger partial charge on any atom is -0.490 e. The van der Waals surface area contributed by atoms with Crippen molar-refractivity contribution in [2.75, 3.05) is 38.2 Å². The second-order valence-corrected chi connectivity index (χ2v) is 7.62. The number of carbonyl (C=O) groups is 5. The SMILES string of the molecule is C=C(C)C(=O)OCCOc1ccc(NC(=O)/C(=N/Nc2cc(C(=O)OC)ccc2C(=O)OC)C(C)=O)cc1. The minimum absolute atomic E-state index is 0.0113. The molecule has 2 aromatic rings. The predicted molar refractivity (Wildman–Crippen MR) is 137 cm³/mol. The Balaban J connectivity index is 2.11. The molecule has 0 spiro atoms. The average molecular weight is 526 g/mol. The van der Waals surface area contributed by atoms with Crippen molar-refractivity contribution in [1.29, 1.82) is 0 Å². The lowest BCUT2D eigenvalue weighted by atomic mass is 10.1. The van der Waals surface area contributed by atoms with Gasteiger partial charge in [-0.1, -0.05) is 6.58 Å². The highest BCUT2D eigenvalue weighted by atomic mass is 16.6. The van der Waals surface area contributed by atoms with Crippen LogP contribution < -0.4 is 15.5 Å². The highest BCUT2D eigenvalue weighted by molar-refractivity contribution is 6.67. The fourth-order valence-corrected chi connectivity index (χ4v) is 2.82. The summed E-state index contributed by atoms with van der Waals surface area (Å²) in [7, 11) is 2.37. The van der Waals surface area contributed by atoms with Crippen LogP contribution in [0.5, 0.6) is 5.75 Å². The van der Waals surface area contributed by atoms with Gasteiger partial charge in [0.05, 0.1) is 31.0 Å². The second kappa shape index (κ2) is 13.9. The van der Waals surface area contributed by atoms with E-state index >= 15 is 0 Å². The van der Waals surface area contributed by atoms with Crippen molar-refractivity contribution in [2.24, 2.45) is 5.10 Å². The molecule has 0 saturated carbocycles. The monoisotopic (exact) mass is 525 g/mol. The van der Waals surface area contributed by atoms with Crippen molar-refractivity contribution in [3.05, 3.63) is 65.7 Å². The first-order chi connectivity index (χ1) is 18.1. The number of nitrogens with zero attached hydrogens (tertiary/aromatic N) is 1. The lowest BCUT2D eigenvalue weighted by Gasteiger charge is -2.11. The van der Waals surface area contributed by atoms with Crippen molar-refractivity contribution in [1.82, 2.24) is 0 Å². The van der Waals surface area contributed by atoms with Gasteiger partial charge in [0.25, 0.3) is 5.91 Å². The third-order valence-electron chi connectivity index (χ3n) is 4.73. The number of hydrogen-bond donors (Lipinski definition) is 2. The first-order valence-electron chi connectivity index (χ1n) is 11.1. The van der Waals surface area contributed by atoms with Crippen LogP contribution in [0.25, 0.3) is 0 Å². The molecule has 38 heavy (non-hydrogen) atoms. The van der Waals surface area contributed by atoms with E-state index in [9.17, 15) is 24.0 Å². The van der Waals surface area contributed by atoms with Crippen LogP contribution in [0.15, 0.2) is 59.7 Å². The van der Waals surface area contributed by atoms with Crippen LogP contribution >= 0.6 is 0 Å². The molecule has 0 fully saturated rings. The molecule has 0 atom stereocenters. The van der Waals surface area contributed by atoms with Gasteiger partial charge < -0.3 is 24.3 Å². The number of methoxy groups -OCH3 is 2. The normalized spacial score (nSPS) is 10.6. The van der Waals surface area contributed by atoms with Crippen LogP contribution in [-0.2, 0) is 28.6 Å². The molecule has 0 radical (unpaired) electrons. The highest BCUT2D eigenvalue weighted by Gasteiger charge is 2.20. The Morgan fingerprint density at radius 2 is 1.55 bits per heavy atom. The minimum atomic E-state index is -0.825. The molecular formula is C26H27N3O9. The van der Waals surface area contributed by atoms with E-state index in [1.165, 1.54) is 51.5 Å². The zero-order valence-electron chi connectivity index (χ0n) is 21.3. The molecule has 0 aliphatic rings. The summed E-state index contributed by atoms with van der Waals surface area (Å²) in [6, 6.07) is 10.2. The summed E-state index contributed by atoms with van der Waals surface area (Å²) >= 11 is 0. The molecule has 2 N–H and O–H groups in total. The van der Waals surface area contributed by atoms with Gasteiger partial charge in [-0.05, 0) is 49.4 Å². The van der Waals surface area contributed by atoms with Gasteiger partial charge in [0.15, 0.2) is 11.5 Å². The standard InChI is InChI=1S/C26H27N3O9/c1-15(2)24(32)38-13-12-37-19-9-7-18(8-10-19)27-23(31)22(16(3)30)29-28-21-14-17(25(33)35-4)6-11-20(21)26(34)36-5/h6-11,14,28H,1,12-13H2,2-5H3,(H,27,31)/b29-22+. The number of ether oxygens (including phenoxy) is 4. The fourth-order valence-electron chi connectivity index (χ4n) is 2.82. The first kappa shape index (κ1) is 29.2. The third kappa shape index (κ3) is 8.29. The number of ketones is 1. The molecule has 2 rings (SSSR count). The molecule has 12 heteroatoms. The van der Waals surface area contributed by atoms with Crippen LogP contribution in [0.3, 0.4) is 0 Å². The number of carbonyl (C=O) groups excluding carboxylic acids is 5. The molecular weight excluding hydrogens is 498 g/mol. The Labute approximate surface area is 218 Å². The number of amides is 1. The average Bonchev–Trinajstić information content (AvgIpc) is 2.90. The van der Waals surface area contributed by atoms with Gasteiger partial charge in [-0.25, -0.2) is 14.4 Å². The molecule has 0 saturated heterocycles. The van der Waals surface area contributed by atoms with Crippen molar-refractivity contribution in [3.63, 3.8) is 0 Å². The fraction of sp³-hybridized carbons (Fsp3) is 0.231. The topological polar surface area (TPSA) is 159 Å². The maximum atomic E-state index is 12.7. The van der Waals surface area contributed by atoms with E-state index in [4.69, 9.17) is 14.2 Å². The maximum absolute atomic E-state index is 12.7. The smallest absolute Gasteiger partial charge is 0.340 e. The summed E-state index contributed by atoms with van der Waals surface area (Å²) in [6.07, 6.45) is 0. The number of rotatable bonds is 12. The predicted octanol–water partition coefficient (Wildman–Crippen LogP) is 2.75. The Kier molecular flexibility index (Phi) is 10.7. The van der Waals surface area contributed by atoms with Crippen molar-refractivity contribution in [2.45, 2.75) is 13.8 Å². The number of hydrogen-bond acceptors (Lipinski definition) is 11. The van der Waals surface area contributed by atoms with E-state index in [0.29, 0.717) is 11.4 Å². The molecule has 0 aliphatic heterocycles. The van der Waals surface area contributed by atoms with Gasteiger partial charge in [-0.3, -0.25) is 15.0 Å². The Morgan fingerprint density at radius 3 is 2.13 bits per heavy atom. The van der Waals surface area contributed by atoms with E-state index < -0.39 is 35.3 Å². The van der Waals surface area contributed by atoms with Gasteiger partial charge in [0, 0.05) is 18.2 Å². The highest BCUT2D eigenvalue weighted by Crippen LogP contribution is 2.20. The zero-order chi connectivity index (χ0) is 28.2. The lowest BCUT2D eigenvalue weighted by molar-refractivity contribution is -0.139. The summed E-state index contributed by atoms with van der Waals surface area (Å²) in [5, 5.41) is 6.40. The molecule has 0 unspecified atom stereocenters. The van der Waals surface area contributed by atoms with Crippen molar-refractivity contribution < 1.29 is 42.9 Å². The van der Waals surface area contributed by atoms with E-state index in [-0.39, 0.29) is 35.6 Å². The van der Waals surface area contributed by atoms with Crippen molar-refractivity contribution in [3.8, 4) is 5.75 Å². The van der Waals surface area contributed by atoms with Crippen LogP contribution in [0.4, 0.5) is 11.4 Å². The molecule has 0 aromatic heterocycles. The number of Topliss-reactive ketones (excluding diaryl/α,β-unsaturated/α-hetero) is 1. The van der Waals surface area contributed by atoms with Crippen LogP contribution in [0, 0.1) is 0 Å². The lowest BCUT2D eigenvalue weighted by Crippen LogP contribution is -2.29. The van der Waals surface area contributed by atoms with Crippen LogP contribution in [-0.4, -0.2) is 62.7 Å². The van der Waals surface area contributed by atoms with E-state index in [1.807, 2.05) is 0 Å². The van der Waals surface area contributed by atoms with Crippen LogP contribution in [0.2, 0.25) is 0 Å². The summed E-state index contributed by atoms with van der Waals surface area (Å²) < 4.78 is 19.8. The Bertz CT molecular complexity index is 1270. The number of benzene rings is 2. The molecule has 1 amide bonds. The Hall–Kier alpha value is -5.00. The molecule has 0 bridgehead atoms. The molecule has 12 nitrogen and oxygen atoms in total. The summed E-state index contributed by atoms with van der Waals surface area (Å²) in [5.41, 5.74) is 2.74. The van der Waals surface area contributed by atoms with Gasteiger partial charge in [0.2, 0.25) is 0 Å². The largest absolute Gasteiger partial charge is 0.490 e. The zero-order valence-corrected chi connectivity index (χ0v) is 21.3. The number of hydrazone groups is 1. The van der Waals surface area contributed by atoms with E-state index in [2.05, 4.69) is 27.2 Å². The number of esters is 3. The van der Waals surface area contributed by atoms with Gasteiger partial charge in [-0.2, -0.15) is 5.10 Å². The number of anilines is 2. The maximum Gasteiger partial charge on any atom is 0.340 e. The molecule has 200 valence electrons. The molecule has 0 heterocycles. The van der Waals surface area contributed by atoms with E-state index in [1.54, 1.807) is 12.1 Å². The number of nitrogens with one attached hydrogen (secondary N) is 2. The summed E-state index contributed by atoms with van der Waals surface area (Å²) in [5.74, 6) is -2.95. The summed E-state index contributed by atoms with van der Waals surface area (Å²) in [6.45, 7) is 6.32.